The molecule has 3 nitrogen and oxygen atoms in total. The fraction of sp³-hybridized carbons (Fsp3) is 0.368. The first-order valence-electron chi connectivity index (χ1n) is 8.31. The normalized spacial score (nSPS) is 16.8. The van der Waals surface area contributed by atoms with E-state index in [1.807, 2.05) is 37.3 Å². The predicted octanol–water partition coefficient (Wildman–Crippen LogP) is 3.87. The van der Waals surface area contributed by atoms with Gasteiger partial charge < -0.3 is 10.1 Å². The Balaban J connectivity index is 2.06. The van der Waals surface area contributed by atoms with Crippen molar-refractivity contribution in [2.75, 3.05) is 32.8 Å². The number of piperazine rings is 1. The van der Waals surface area contributed by atoms with Gasteiger partial charge in [0.05, 0.1) is 12.6 Å². The Hall–Kier alpha value is -1.62. The van der Waals surface area contributed by atoms with Gasteiger partial charge in [-0.05, 0) is 42.8 Å². The fourth-order valence-electron chi connectivity index (χ4n) is 3.19. The van der Waals surface area contributed by atoms with Crippen molar-refractivity contribution in [2.45, 2.75) is 13.0 Å². The Kier molecular flexibility index (Phi) is 5.72. The van der Waals surface area contributed by atoms with Crippen molar-refractivity contribution >= 4 is 11.6 Å². The van der Waals surface area contributed by atoms with E-state index in [0.717, 1.165) is 43.1 Å². The summed E-state index contributed by atoms with van der Waals surface area (Å²) in [6.07, 6.45) is 0. The minimum absolute atomic E-state index is 0.00653. The van der Waals surface area contributed by atoms with Gasteiger partial charge in [-0.15, -0.1) is 0 Å². The largest absolute Gasteiger partial charge is 0.494 e. The Morgan fingerprint density at radius 3 is 2.54 bits per heavy atom. The van der Waals surface area contributed by atoms with Gasteiger partial charge in [0.25, 0.3) is 0 Å². The van der Waals surface area contributed by atoms with Gasteiger partial charge in [0, 0.05) is 36.8 Å². The predicted molar refractivity (Wildman–Crippen MR) is 95.3 cm³/mol. The van der Waals surface area contributed by atoms with Crippen LogP contribution in [0.15, 0.2) is 42.5 Å². The molecule has 0 aliphatic carbocycles. The lowest BCUT2D eigenvalue weighted by molar-refractivity contribution is 0.194. The number of rotatable bonds is 5. The van der Waals surface area contributed by atoms with Crippen LogP contribution in [0.2, 0.25) is 5.02 Å². The molecule has 2 aromatic carbocycles. The molecule has 0 aromatic heterocycles. The zero-order chi connectivity index (χ0) is 16.9. The van der Waals surface area contributed by atoms with Gasteiger partial charge in [-0.3, -0.25) is 4.90 Å². The van der Waals surface area contributed by atoms with Crippen LogP contribution in [-0.2, 0) is 0 Å². The van der Waals surface area contributed by atoms with Crippen molar-refractivity contribution in [1.29, 1.82) is 0 Å². The zero-order valence-electron chi connectivity index (χ0n) is 13.8. The van der Waals surface area contributed by atoms with E-state index in [0.29, 0.717) is 11.6 Å². The highest BCUT2D eigenvalue weighted by Crippen LogP contribution is 2.36. The quantitative estimate of drug-likeness (QED) is 0.887. The lowest BCUT2D eigenvalue weighted by Gasteiger charge is -2.36. The third-order valence-corrected chi connectivity index (χ3v) is 4.50. The molecular weight excluding hydrogens is 327 g/mol. The van der Waals surface area contributed by atoms with Crippen molar-refractivity contribution in [3.8, 4) is 5.75 Å². The average Bonchev–Trinajstić information content (AvgIpc) is 2.60. The summed E-state index contributed by atoms with van der Waals surface area (Å²) >= 11 is 6.27. The lowest BCUT2D eigenvalue weighted by Crippen LogP contribution is -2.45. The Morgan fingerprint density at radius 2 is 1.88 bits per heavy atom. The molecule has 0 bridgehead atoms. The van der Waals surface area contributed by atoms with E-state index < -0.39 is 0 Å². The molecule has 0 saturated carbocycles. The topological polar surface area (TPSA) is 24.5 Å². The zero-order valence-corrected chi connectivity index (χ0v) is 14.5. The minimum atomic E-state index is -0.228. The first-order chi connectivity index (χ1) is 11.7. The SMILES string of the molecule is CCOc1ccc(Cl)cc1C(c1ccc(F)cc1)N1CCNCC1. The average molecular weight is 349 g/mol. The van der Waals surface area contributed by atoms with E-state index >= 15 is 0 Å². The molecule has 128 valence electrons. The highest BCUT2D eigenvalue weighted by molar-refractivity contribution is 6.30. The molecule has 1 atom stereocenters. The van der Waals surface area contributed by atoms with E-state index in [4.69, 9.17) is 16.3 Å². The van der Waals surface area contributed by atoms with Crippen LogP contribution < -0.4 is 10.1 Å². The summed E-state index contributed by atoms with van der Waals surface area (Å²) in [5, 5.41) is 4.05. The number of nitrogens with one attached hydrogen (secondary N) is 1. The molecule has 0 radical (unpaired) electrons. The number of ether oxygens (including phenoxy) is 1. The number of hydrogen-bond donors (Lipinski definition) is 1. The minimum Gasteiger partial charge on any atom is -0.494 e. The second-order valence-electron chi connectivity index (χ2n) is 5.86. The third-order valence-electron chi connectivity index (χ3n) is 4.27. The molecule has 0 amide bonds. The molecule has 1 fully saturated rings. The molecule has 5 heteroatoms. The molecule has 1 aliphatic rings. The number of benzene rings is 2. The van der Waals surface area contributed by atoms with Crippen molar-refractivity contribution in [1.82, 2.24) is 10.2 Å². The molecule has 24 heavy (non-hydrogen) atoms. The second kappa shape index (κ2) is 7.97. The van der Waals surface area contributed by atoms with E-state index in [1.165, 1.54) is 12.1 Å². The summed E-state index contributed by atoms with van der Waals surface area (Å²) in [5.41, 5.74) is 2.07. The van der Waals surface area contributed by atoms with Crippen molar-refractivity contribution in [3.05, 3.63) is 64.4 Å². The summed E-state index contributed by atoms with van der Waals surface area (Å²) < 4.78 is 19.2. The molecular formula is C19H22ClFN2O. The maximum absolute atomic E-state index is 13.4. The second-order valence-corrected chi connectivity index (χ2v) is 6.29. The van der Waals surface area contributed by atoms with E-state index in [1.54, 1.807) is 0 Å². The van der Waals surface area contributed by atoms with Crippen molar-refractivity contribution < 1.29 is 9.13 Å². The first-order valence-corrected chi connectivity index (χ1v) is 8.69. The van der Waals surface area contributed by atoms with Crippen molar-refractivity contribution in [2.24, 2.45) is 0 Å². The maximum Gasteiger partial charge on any atom is 0.124 e. The summed E-state index contributed by atoms with van der Waals surface area (Å²) in [6.45, 7) is 6.26. The van der Waals surface area contributed by atoms with Crippen LogP contribution in [0.4, 0.5) is 4.39 Å². The van der Waals surface area contributed by atoms with Gasteiger partial charge in [-0.25, -0.2) is 4.39 Å². The van der Waals surface area contributed by atoms with Crippen LogP contribution >= 0.6 is 11.6 Å². The number of nitrogens with zero attached hydrogens (tertiary/aromatic N) is 1. The van der Waals surface area contributed by atoms with E-state index in [-0.39, 0.29) is 11.9 Å². The van der Waals surface area contributed by atoms with Crippen LogP contribution in [0.25, 0.3) is 0 Å². The van der Waals surface area contributed by atoms with Gasteiger partial charge >= 0.3 is 0 Å². The summed E-state index contributed by atoms with van der Waals surface area (Å²) in [7, 11) is 0. The molecule has 3 rings (SSSR count). The Labute approximate surface area is 147 Å². The Bertz CT molecular complexity index is 672. The summed E-state index contributed by atoms with van der Waals surface area (Å²) in [5.74, 6) is 0.601. The smallest absolute Gasteiger partial charge is 0.124 e. The molecule has 0 spiro atoms. The molecule has 1 unspecified atom stereocenters. The maximum atomic E-state index is 13.4. The van der Waals surface area contributed by atoms with Gasteiger partial charge in [-0.1, -0.05) is 23.7 Å². The number of halogens is 2. The van der Waals surface area contributed by atoms with Crippen LogP contribution in [-0.4, -0.2) is 37.7 Å². The van der Waals surface area contributed by atoms with Crippen LogP contribution in [0, 0.1) is 5.82 Å². The van der Waals surface area contributed by atoms with Gasteiger partial charge in [0.2, 0.25) is 0 Å². The number of hydrogen-bond acceptors (Lipinski definition) is 3. The third kappa shape index (κ3) is 3.89. The van der Waals surface area contributed by atoms with Crippen LogP contribution in [0.1, 0.15) is 24.1 Å². The van der Waals surface area contributed by atoms with Gasteiger partial charge in [0.1, 0.15) is 11.6 Å². The first kappa shape index (κ1) is 17.2. The standard InChI is InChI=1S/C19H22ClFN2O/c1-2-24-18-8-5-15(20)13-17(18)19(23-11-9-22-10-12-23)14-3-6-16(21)7-4-14/h3-8,13,19,22H,2,9-12H2,1H3. The molecule has 1 aliphatic heterocycles. The monoisotopic (exact) mass is 348 g/mol. The van der Waals surface area contributed by atoms with Crippen LogP contribution in [0.3, 0.4) is 0 Å². The summed E-state index contributed by atoms with van der Waals surface area (Å²) in [4.78, 5) is 2.39. The molecule has 1 saturated heterocycles. The van der Waals surface area contributed by atoms with Crippen LogP contribution in [0.5, 0.6) is 5.75 Å². The Morgan fingerprint density at radius 1 is 1.17 bits per heavy atom. The van der Waals surface area contributed by atoms with E-state index in [9.17, 15) is 4.39 Å². The van der Waals surface area contributed by atoms with Gasteiger partial charge in [-0.2, -0.15) is 0 Å². The van der Waals surface area contributed by atoms with E-state index in [2.05, 4.69) is 10.2 Å². The van der Waals surface area contributed by atoms with Crippen molar-refractivity contribution in [3.63, 3.8) is 0 Å². The molecule has 2 aromatic rings. The molecule has 1 N–H and O–H groups in total. The lowest BCUT2D eigenvalue weighted by atomic mass is 9.95. The molecule has 1 heterocycles. The highest BCUT2D eigenvalue weighted by Gasteiger charge is 2.27. The summed E-state index contributed by atoms with van der Waals surface area (Å²) in [6, 6.07) is 12.4. The fourth-order valence-corrected chi connectivity index (χ4v) is 3.37. The highest BCUT2D eigenvalue weighted by atomic mass is 35.5. The van der Waals surface area contributed by atoms with Gasteiger partial charge in [0.15, 0.2) is 0 Å².